The predicted octanol–water partition coefficient (Wildman–Crippen LogP) is 3.23. The number of esters is 5. The maximum absolute atomic E-state index is 13.7. The molecule has 1 saturated heterocycles. The van der Waals surface area contributed by atoms with Gasteiger partial charge >= 0.3 is 29.8 Å². The highest BCUT2D eigenvalue weighted by Gasteiger charge is 2.86. The second-order valence-electron chi connectivity index (χ2n) is 12.8. The van der Waals surface area contributed by atoms with Crippen LogP contribution in [0.25, 0.3) is 0 Å². The number of allylic oxidation sites excluding steroid dienone is 1. The van der Waals surface area contributed by atoms with Crippen LogP contribution in [-0.4, -0.2) is 82.8 Å². The molecule has 3 fully saturated rings. The fraction of sp³-hybridized carbons (Fsp3) is 0.606. The van der Waals surface area contributed by atoms with E-state index in [9.17, 15) is 29.1 Å². The topological polar surface area (TPSA) is 161 Å². The van der Waals surface area contributed by atoms with E-state index in [-0.39, 0.29) is 24.0 Å². The molecule has 246 valence electrons. The Balaban J connectivity index is 2.07. The molecule has 0 unspecified atom stereocenters. The van der Waals surface area contributed by atoms with Crippen molar-refractivity contribution in [2.45, 2.75) is 109 Å². The first kappa shape index (κ1) is 34.1. The molecule has 45 heavy (non-hydrogen) atoms. The molecule has 0 radical (unpaired) electrons. The van der Waals surface area contributed by atoms with Crippen LogP contribution in [0.1, 0.15) is 78.6 Å². The summed E-state index contributed by atoms with van der Waals surface area (Å²) in [5.74, 6) is -4.36. The molecule has 8 atom stereocenters. The highest BCUT2D eigenvalue weighted by Crippen LogP contribution is 2.69. The van der Waals surface area contributed by atoms with Gasteiger partial charge in [-0.3, -0.25) is 14.4 Å². The minimum atomic E-state index is -2.03. The fourth-order valence-corrected chi connectivity index (χ4v) is 7.53. The van der Waals surface area contributed by atoms with E-state index in [4.69, 9.17) is 28.4 Å². The van der Waals surface area contributed by atoms with Gasteiger partial charge in [-0.25, -0.2) is 9.59 Å². The molecule has 0 amide bonds. The molecule has 4 rings (SSSR count). The highest BCUT2D eigenvalue weighted by molar-refractivity contribution is 5.89. The van der Waals surface area contributed by atoms with Crippen LogP contribution in [-0.2, 0) is 47.6 Å². The summed E-state index contributed by atoms with van der Waals surface area (Å²) < 4.78 is 36.5. The Morgan fingerprint density at radius 3 is 2.07 bits per heavy atom. The molecular formula is C33H42O12. The molecule has 3 aliphatic rings. The normalized spacial score (nSPS) is 35.0. The number of hydrogen-bond donors (Lipinski definition) is 1. The SMILES string of the molecule is C/C=C(\C)C(=O)O[C@H]1C[C@@H]2[C@@H](OC(=O)c3ccccc3)[C@@]3(OC2(C)C)[C@@]1(COC(C)=O)[C@@H](OC(C)=O)[C@@H](OC(C)=O)C[C@]3(C)O. The quantitative estimate of drug-likeness (QED) is 0.254. The Morgan fingerprint density at radius 1 is 0.889 bits per heavy atom. The number of carbonyl (C=O) groups excluding carboxylic acids is 5. The smallest absolute Gasteiger partial charge is 0.338 e. The van der Waals surface area contributed by atoms with Crippen molar-refractivity contribution in [3.05, 3.63) is 47.5 Å². The second-order valence-corrected chi connectivity index (χ2v) is 12.8. The Morgan fingerprint density at radius 2 is 1.51 bits per heavy atom. The molecule has 2 aliphatic carbocycles. The van der Waals surface area contributed by atoms with E-state index >= 15 is 0 Å². The van der Waals surface area contributed by atoms with Crippen LogP contribution < -0.4 is 0 Å². The summed E-state index contributed by atoms with van der Waals surface area (Å²) in [7, 11) is 0. The van der Waals surface area contributed by atoms with Gasteiger partial charge in [0.05, 0.1) is 16.8 Å². The maximum Gasteiger partial charge on any atom is 0.338 e. The van der Waals surface area contributed by atoms with Gasteiger partial charge in [-0.1, -0.05) is 24.3 Å². The van der Waals surface area contributed by atoms with Gasteiger partial charge in [-0.05, 0) is 53.2 Å². The predicted molar refractivity (Wildman–Crippen MR) is 156 cm³/mol. The second kappa shape index (κ2) is 12.2. The number of ether oxygens (including phenoxy) is 6. The van der Waals surface area contributed by atoms with Crippen molar-refractivity contribution in [1.29, 1.82) is 0 Å². The van der Waals surface area contributed by atoms with Crippen molar-refractivity contribution >= 4 is 29.8 Å². The maximum atomic E-state index is 13.7. The van der Waals surface area contributed by atoms with Crippen LogP contribution in [0.2, 0.25) is 0 Å². The molecule has 1 spiro atoms. The Kier molecular flexibility index (Phi) is 9.25. The first-order valence-electron chi connectivity index (χ1n) is 14.9. The van der Waals surface area contributed by atoms with Gasteiger partial charge in [-0.2, -0.15) is 0 Å². The van der Waals surface area contributed by atoms with Crippen LogP contribution in [0, 0.1) is 11.3 Å². The van der Waals surface area contributed by atoms with Crippen molar-refractivity contribution in [3.63, 3.8) is 0 Å². The number of fused-ring (bicyclic) bond motifs is 1. The lowest BCUT2D eigenvalue weighted by Gasteiger charge is -2.65. The van der Waals surface area contributed by atoms with Crippen molar-refractivity contribution < 1.29 is 57.5 Å². The molecule has 1 heterocycles. The van der Waals surface area contributed by atoms with Gasteiger partial charge in [0.15, 0.2) is 11.7 Å². The monoisotopic (exact) mass is 630 g/mol. The third-order valence-corrected chi connectivity index (χ3v) is 9.43. The zero-order valence-corrected chi connectivity index (χ0v) is 26.9. The van der Waals surface area contributed by atoms with Crippen LogP contribution in [0.5, 0.6) is 0 Å². The molecular weight excluding hydrogens is 588 g/mol. The molecule has 1 aliphatic heterocycles. The average molecular weight is 631 g/mol. The number of hydrogen-bond acceptors (Lipinski definition) is 12. The first-order valence-corrected chi connectivity index (χ1v) is 14.9. The number of benzene rings is 1. The summed E-state index contributed by atoms with van der Waals surface area (Å²) in [6.45, 7) is 11.0. The third kappa shape index (κ3) is 5.74. The first-order chi connectivity index (χ1) is 20.9. The molecule has 12 nitrogen and oxygen atoms in total. The molecule has 0 aromatic heterocycles. The van der Waals surface area contributed by atoms with E-state index in [1.807, 2.05) is 0 Å². The Bertz CT molecular complexity index is 1380. The summed E-state index contributed by atoms with van der Waals surface area (Å²) in [5.41, 5.74) is -6.63. The Labute approximate surface area is 262 Å². The third-order valence-electron chi connectivity index (χ3n) is 9.43. The summed E-state index contributed by atoms with van der Waals surface area (Å²) in [5, 5.41) is 12.6. The van der Waals surface area contributed by atoms with E-state index in [0.717, 1.165) is 20.8 Å². The number of carbonyl (C=O) groups is 5. The molecule has 2 bridgehead atoms. The van der Waals surface area contributed by atoms with Gasteiger partial charge in [0.1, 0.15) is 30.3 Å². The van der Waals surface area contributed by atoms with Crippen LogP contribution in [0.3, 0.4) is 0 Å². The van der Waals surface area contributed by atoms with Crippen LogP contribution in [0.4, 0.5) is 0 Å². The van der Waals surface area contributed by atoms with E-state index in [1.165, 1.54) is 6.92 Å². The summed E-state index contributed by atoms with van der Waals surface area (Å²) in [6.07, 6.45) is -4.08. The summed E-state index contributed by atoms with van der Waals surface area (Å²) in [6, 6.07) is 8.24. The average Bonchev–Trinajstić information content (AvgIpc) is 3.12. The van der Waals surface area contributed by atoms with E-state index in [0.29, 0.717) is 0 Å². The van der Waals surface area contributed by atoms with E-state index in [2.05, 4.69) is 0 Å². The lowest BCUT2D eigenvalue weighted by Crippen LogP contribution is -2.83. The minimum Gasteiger partial charge on any atom is -0.465 e. The van der Waals surface area contributed by atoms with Gasteiger partial charge in [-0.15, -0.1) is 0 Å². The molecule has 1 aromatic rings. The molecule has 1 aromatic carbocycles. The minimum absolute atomic E-state index is 0.0217. The number of aliphatic hydroxyl groups is 1. The number of rotatable bonds is 8. The zero-order chi connectivity index (χ0) is 33.5. The molecule has 2 saturated carbocycles. The fourth-order valence-electron chi connectivity index (χ4n) is 7.53. The van der Waals surface area contributed by atoms with E-state index in [1.54, 1.807) is 64.1 Å². The zero-order valence-electron chi connectivity index (χ0n) is 26.9. The van der Waals surface area contributed by atoms with Gasteiger partial charge in [0.25, 0.3) is 0 Å². The lowest BCUT2D eigenvalue weighted by molar-refractivity contribution is -0.355. The Hall–Kier alpha value is -3.77. The van der Waals surface area contributed by atoms with Crippen molar-refractivity contribution in [2.75, 3.05) is 6.61 Å². The standard InChI is InChI=1S/C33H42O12/c1-9-18(2)28(37)43-25-15-23-26(44-29(38)22-13-11-10-12-14-22)33(45-30(23,6)7)31(8,39)16-24(41-20(4)35)27(42-21(5)36)32(25,33)17-40-19(3)34/h9-14,23-27,39H,15-17H2,1-8H3/b18-9+/t23-,24+,25+,26-,27+,31+,32-,33+/m1/s1. The van der Waals surface area contributed by atoms with Crippen LogP contribution in [0.15, 0.2) is 42.0 Å². The molecule has 12 heteroatoms. The molecule has 1 N–H and O–H groups in total. The van der Waals surface area contributed by atoms with Crippen molar-refractivity contribution in [2.24, 2.45) is 11.3 Å². The largest absolute Gasteiger partial charge is 0.465 e. The summed E-state index contributed by atoms with van der Waals surface area (Å²) in [4.78, 5) is 64.6. The highest BCUT2D eigenvalue weighted by atomic mass is 16.6. The van der Waals surface area contributed by atoms with Gasteiger partial charge < -0.3 is 33.5 Å². The summed E-state index contributed by atoms with van der Waals surface area (Å²) >= 11 is 0. The van der Waals surface area contributed by atoms with Gasteiger partial charge in [0.2, 0.25) is 0 Å². The van der Waals surface area contributed by atoms with Crippen molar-refractivity contribution in [3.8, 4) is 0 Å². The van der Waals surface area contributed by atoms with Crippen molar-refractivity contribution in [1.82, 2.24) is 0 Å². The van der Waals surface area contributed by atoms with Crippen LogP contribution >= 0.6 is 0 Å². The van der Waals surface area contributed by atoms with E-state index < -0.39 is 89.0 Å². The lowest BCUT2D eigenvalue weighted by atomic mass is 9.46. The van der Waals surface area contributed by atoms with Gasteiger partial charge in [0, 0.05) is 38.7 Å².